The molecule has 0 amide bonds. The fourth-order valence-electron chi connectivity index (χ4n) is 2.84. The van der Waals surface area contributed by atoms with E-state index in [4.69, 9.17) is 4.74 Å². The molecule has 1 aliphatic heterocycles. The van der Waals surface area contributed by atoms with Crippen molar-refractivity contribution in [1.29, 1.82) is 0 Å². The minimum Gasteiger partial charge on any atom is -0.497 e. The van der Waals surface area contributed by atoms with E-state index < -0.39 is 0 Å². The summed E-state index contributed by atoms with van der Waals surface area (Å²) in [5.74, 6) is 0.937. The molecule has 1 heterocycles. The molecule has 1 fully saturated rings. The number of anilines is 1. The zero-order chi connectivity index (χ0) is 15.1. The number of piperazine rings is 1. The topological polar surface area (TPSA) is 27.7 Å². The lowest BCUT2D eigenvalue weighted by Gasteiger charge is -2.39. The van der Waals surface area contributed by atoms with E-state index in [0.717, 1.165) is 45.0 Å². The normalized spacial score (nSPS) is 17.8. The van der Waals surface area contributed by atoms with Crippen LogP contribution in [-0.4, -0.2) is 57.3 Å². The quantitative estimate of drug-likeness (QED) is 0.780. The predicted octanol–water partition coefficient (Wildman–Crippen LogP) is 2.21. The van der Waals surface area contributed by atoms with Gasteiger partial charge < -0.3 is 15.0 Å². The molecule has 1 unspecified atom stereocenters. The highest BCUT2D eigenvalue weighted by atomic mass is 16.5. The van der Waals surface area contributed by atoms with E-state index >= 15 is 0 Å². The smallest absolute Gasteiger partial charge is 0.120 e. The van der Waals surface area contributed by atoms with Gasteiger partial charge in [-0.3, -0.25) is 4.90 Å². The summed E-state index contributed by atoms with van der Waals surface area (Å²) in [6.07, 6.45) is 1.20. The Morgan fingerprint density at radius 1 is 1.24 bits per heavy atom. The first-order valence-corrected chi connectivity index (χ1v) is 8.08. The molecule has 21 heavy (non-hydrogen) atoms. The van der Waals surface area contributed by atoms with Gasteiger partial charge in [-0.25, -0.2) is 0 Å². The number of hydrogen-bond donors (Lipinski definition) is 1. The van der Waals surface area contributed by atoms with Crippen LogP contribution in [0.4, 0.5) is 5.69 Å². The van der Waals surface area contributed by atoms with Crippen LogP contribution >= 0.6 is 0 Å². The lowest BCUT2D eigenvalue weighted by atomic mass is 10.2. The Labute approximate surface area is 129 Å². The molecule has 2 rings (SSSR count). The maximum atomic E-state index is 5.31. The number of nitrogens with zero attached hydrogens (tertiary/aromatic N) is 2. The molecule has 0 bridgehead atoms. The molecule has 0 aliphatic carbocycles. The highest BCUT2D eigenvalue weighted by Gasteiger charge is 2.21. The number of ether oxygens (including phenoxy) is 1. The zero-order valence-corrected chi connectivity index (χ0v) is 13.6. The van der Waals surface area contributed by atoms with E-state index in [-0.39, 0.29) is 0 Å². The molecule has 1 N–H and O–H groups in total. The fraction of sp³-hybridized carbons (Fsp3) is 0.647. The molecule has 1 aromatic rings. The molecule has 0 aromatic heterocycles. The van der Waals surface area contributed by atoms with E-state index in [2.05, 4.69) is 47.2 Å². The Morgan fingerprint density at radius 2 is 2.00 bits per heavy atom. The van der Waals surface area contributed by atoms with E-state index in [0.29, 0.717) is 6.04 Å². The molecule has 118 valence electrons. The van der Waals surface area contributed by atoms with Crippen LogP contribution in [0.25, 0.3) is 0 Å². The Morgan fingerprint density at radius 3 is 2.67 bits per heavy atom. The van der Waals surface area contributed by atoms with Gasteiger partial charge in [-0.1, -0.05) is 13.0 Å². The summed E-state index contributed by atoms with van der Waals surface area (Å²) in [6.45, 7) is 11.2. The summed E-state index contributed by atoms with van der Waals surface area (Å²) in [7, 11) is 1.72. The maximum Gasteiger partial charge on any atom is 0.120 e. The van der Waals surface area contributed by atoms with Gasteiger partial charge in [0.2, 0.25) is 0 Å². The van der Waals surface area contributed by atoms with Crippen LogP contribution in [0.15, 0.2) is 24.3 Å². The van der Waals surface area contributed by atoms with Gasteiger partial charge in [0.15, 0.2) is 0 Å². The van der Waals surface area contributed by atoms with Gasteiger partial charge in [-0.2, -0.15) is 0 Å². The standard InChI is InChI=1S/C17H29N3O/c1-4-8-18-14-15(2)19-9-11-20(12-10-19)16-6-5-7-17(13-16)21-3/h5-7,13,15,18H,4,8-12,14H2,1-3H3. The Kier molecular flexibility index (Phi) is 6.33. The van der Waals surface area contributed by atoms with Crippen molar-refractivity contribution in [3.05, 3.63) is 24.3 Å². The largest absolute Gasteiger partial charge is 0.497 e. The van der Waals surface area contributed by atoms with Gasteiger partial charge in [0.25, 0.3) is 0 Å². The van der Waals surface area contributed by atoms with E-state index in [1.54, 1.807) is 7.11 Å². The molecule has 0 saturated carbocycles. The summed E-state index contributed by atoms with van der Waals surface area (Å²) in [4.78, 5) is 5.03. The van der Waals surface area contributed by atoms with Crippen molar-refractivity contribution in [3.8, 4) is 5.75 Å². The number of benzene rings is 1. The number of hydrogen-bond acceptors (Lipinski definition) is 4. The van der Waals surface area contributed by atoms with Crippen LogP contribution in [0, 0.1) is 0 Å². The fourth-order valence-corrected chi connectivity index (χ4v) is 2.84. The molecule has 0 radical (unpaired) electrons. The van der Waals surface area contributed by atoms with Crippen molar-refractivity contribution in [2.24, 2.45) is 0 Å². The predicted molar refractivity (Wildman–Crippen MR) is 89.4 cm³/mol. The monoisotopic (exact) mass is 291 g/mol. The zero-order valence-electron chi connectivity index (χ0n) is 13.6. The minimum absolute atomic E-state index is 0.615. The van der Waals surface area contributed by atoms with Crippen molar-refractivity contribution in [2.75, 3.05) is 51.3 Å². The Hall–Kier alpha value is -1.26. The third-order valence-electron chi connectivity index (χ3n) is 4.22. The van der Waals surface area contributed by atoms with Gasteiger partial charge in [-0.15, -0.1) is 0 Å². The summed E-state index contributed by atoms with van der Waals surface area (Å²) < 4.78 is 5.31. The molecule has 1 atom stereocenters. The van der Waals surface area contributed by atoms with Crippen LogP contribution < -0.4 is 15.0 Å². The molecule has 1 aromatic carbocycles. The van der Waals surface area contributed by atoms with Gasteiger partial charge in [-0.05, 0) is 32.0 Å². The van der Waals surface area contributed by atoms with Crippen LogP contribution in [-0.2, 0) is 0 Å². The number of methoxy groups -OCH3 is 1. The first-order valence-electron chi connectivity index (χ1n) is 8.08. The molecule has 1 aliphatic rings. The molecule has 1 saturated heterocycles. The molecular formula is C17H29N3O. The Balaban J connectivity index is 1.82. The molecular weight excluding hydrogens is 262 g/mol. The highest BCUT2D eigenvalue weighted by Crippen LogP contribution is 2.22. The van der Waals surface area contributed by atoms with Gasteiger partial charge in [0.1, 0.15) is 5.75 Å². The number of rotatable bonds is 7. The van der Waals surface area contributed by atoms with Gasteiger partial charge >= 0.3 is 0 Å². The van der Waals surface area contributed by atoms with Crippen LogP contribution in [0.5, 0.6) is 5.75 Å². The van der Waals surface area contributed by atoms with Crippen molar-refractivity contribution < 1.29 is 4.74 Å². The number of nitrogens with one attached hydrogen (secondary N) is 1. The summed E-state index contributed by atoms with van der Waals surface area (Å²) in [5.41, 5.74) is 1.27. The summed E-state index contributed by atoms with van der Waals surface area (Å²) in [5, 5.41) is 3.52. The average molecular weight is 291 g/mol. The average Bonchev–Trinajstić information content (AvgIpc) is 2.55. The SMILES string of the molecule is CCCNCC(C)N1CCN(c2cccc(OC)c2)CC1. The first kappa shape index (κ1) is 16.1. The van der Waals surface area contributed by atoms with Crippen LogP contribution in [0.2, 0.25) is 0 Å². The first-order chi connectivity index (χ1) is 10.2. The maximum absolute atomic E-state index is 5.31. The summed E-state index contributed by atoms with van der Waals surface area (Å²) in [6, 6.07) is 8.98. The third-order valence-corrected chi connectivity index (χ3v) is 4.22. The Bertz CT molecular complexity index is 416. The third kappa shape index (κ3) is 4.61. The van der Waals surface area contributed by atoms with Crippen LogP contribution in [0.1, 0.15) is 20.3 Å². The lowest BCUT2D eigenvalue weighted by molar-refractivity contribution is 0.193. The van der Waals surface area contributed by atoms with Crippen molar-refractivity contribution in [2.45, 2.75) is 26.3 Å². The second kappa shape index (κ2) is 8.25. The molecule has 4 heteroatoms. The van der Waals surface area contributed by atoms with E-state index in [1.807, 2.05) is 6.07 Å². The van der Waals surface area contributed by atoms with Gasteiger partial charge in [0.05, 0.1) is 7.11 Å². The van der Waals surface area contributed by atoms with Crippen molar-refractivity contribution >= 4 is 5.69 Å². The summed E-state index contributed by atoms with van der Waals surface area (Å²) >= 11 is 0. The van der Waals surface area contributed by atoms with Crippen molar-refractivity contribution in [3.63, 3.8) is 0 Å². The van der Waals surface area contributed by atoms with Gasteiger partial charge in [0, 0.05) is 50.5 Å². The van der Waals surface area contributed by atoms with Crippen molar-refractivity contribution in [1.82, 2.24) is 10.2 Å². The highest BCUT2D eigenvalue weighted by molar-refractivity contribution is 5.51. The second-order valence-electron chi connectivity index (χ2n) is 5.78. The molecule has 0 spiro atoms. The van der Waals surface area contributed by atoms with E-state index in [1.165, 1.54) is 12.1 Å². The second-order valence-corrected chi connectivity index (χ2v) is 5.78. The minimum atomic E-state index is 0.615. The molecule has 4 nitrogen and oxygen atoms in total. The van der Waals surface area contributed by atoms with E-state index in [9.17, 15) is 0 Å². The lowest BCUT2D eigenvalue weighted by Crippen LogP contribution is -2.52. The van der Waals surface area contributed by atoms with Crippen LogP contribution in [0.3, 0.4) is 0 Å².